The number of aliphatic hydroxyl groups excluding tert-OH is 1. The maximum absolute atomic E-state index is 11.8. The van der Waals surface area contributed by atoms with Crippen molar-refractivity contribution in [2.75, 3.05) is 18.0 Å². The van der Waals surface area contributed by atoms with E-state index in [1.807, 2.05) is 17.0 Å². The van der Waals surface area contributed by atoms with E-state index >= 15 is 0 Å². The fraction of sp³-hybridized carbons (Fsp3) is 0.611. The van der Waals surface area contributed by atoms with Crippen LogP contribution in [0.4, 0.5) is 5.69 Å². The first-order chi connectivity index (χ1) is 10.6. The Morgan fingerprint density at radius 3 is 2.64 bits per heavy atom. The maximum atomic E-state index is 11.8. The molecule has 0 bridgehead atoms. The summed E-state index contributed by atoms with van der Waals surface area (Å²) < 4.78 is 0. The van der Waals surface area contributed by atoms with Crippen LogP contribution in [0.3, 0.4) is 0 Å². The number of carbonyl (C=O) groups is 1. The minimum absolute atomic E-state index is 0.136. The highest BCUT2D eigenvalue weighted by Gasteiger charge is 2.25. The van der Waals surface area contributed by atoms with Gasteiger partial charge in [0.25, 0.3) is 0 Å². The van der Waals surface area contributed by atoms with E-state index in [0.717, 1.165) is 44.5 Å². The van der Waals surface area contributed by atoms with Crippen LogP contribution < -0.4 is 10.2 Å². The van der Waals surface area contributed by atoms with E-state index in [-0.39, 0.29) is 18.1 Å². The lowest BCUT2D eigenvalue weighted by molar-refractivity contribution is -0.117. The Morgan fingerprint density at radius 1 is 1.27 bits per heavy atom. The number of nitrogens with zero attached hydrogens (tertiary/aromatic N) is 1. The second kappa shape index (κ2) is 6.80. The average molecular weight is 302 g/mol. The highest BCUT2D eigenvalue weighted by Crippen LogP contribution is 2.26. The van der Waals surface area contributed by atoms with E-state index in [9.17, 15) is 9.90 Å². The lowest BCUT2D eigenvalue weighted by Crippen LogP contribution is -2.29. The van der Waals surface area contributed by atoms with Crippen molar-refractivity contribution < 1.29 is 9.90 Å². The summed E-state index contributed by atoms with van der Waals surface area (Å²) in [4.78, 5) is 13.6. The monoisotopic (exact) mass is 302 g/mol. The number of aliphatic hydroxyl groups is 1. The molecule has 2 aliphatic rings. The molecule has 2 fully saturated rings. The Hall–Kier alpha value is -1.39. The zero-order valence-corrected chi connectivity index (χ0v) is 13.3. The zero-order chi connectivity index (χ0) is 15.5. The van der Waals surface area contributed by atoms with Crippen molar-refractivity contribution in [3.05, 3.63) is 29.8 Å². The van der Waals surface area contributed by atoms with Gasteiger partial charge >= 0.3 is 0 Å². The quantitative estimate of drug-likeness (QED) is 0.879. The molecule has 120 valence electrons. The van der Waals surface area contributed by atoms with Crippen LogP contribution in [-0.4, -0.2) is 30.2 Å². The minimum Gasteiger partial charge on any atom is -0.393 e. The van der Waals surface area contributed by atoms with Crippen LogP contribution in [0, 0.1) is 5.92 Å². The third-order valence-electron chi connectivity index (χ3n) is 5.08. The van der Waals surface area contributed by atoms with E-state index in [1.54, 1.807) is 0 Å². The van der Waals surface area contributed by atoms with E-state index < -0.39 is 0 Å². The first kappa shape index (κ1) is 15.5. The molecular weight excluding hydrogens is 276 g/mol. The fourth-order valence-electron chi connectivity index (χ4n) is 3.57. The van der Waals surface area contributed by atoms with Crippen molar-refractivity contribution in [1.82, 2.24) is 5.32 Å². The van der Waals surface area contributed by atoms with Gasteiger partial charge in [-0.2, -0.15) is 0 Å². The lowest BCUT2D eigenvalue weighted by Gasteiger charge is -2.21. The van der Waals surface area contributed by atoms with Crippen molar-refractivity contribution in [2.24, 2.45) is 5.92 Å². The van der Waals surface area contributed by atoms with Gasteiger partial charge in [-0.1, -0.05) is 18.6 Å². The van der Waals surface area contributed by atoms with Gasteiger partial charge in [0, 0.05) is 31.2 Å². The fourth-order valence-corrected chi connectivity index (χ4v) is 3.57. The van der Waals surface area contributed by atoms with Crippen molar-refractivity contribution >= 4 is 11.6 Å². The van der Waals surface area contributed by atoms with Gasteiger partial charge < -0.3 is 15.3 Å². The molecule has 1 aliphatic carbocycles. The molecule has 0 radical (unpaired) electrons. The molecule has 1 heterocycles. The Kier molecular flexibility index (Phi) is 4.79. The molecule has 1 aliphatic heterocycles. The summed E-state index contributed by atoms with van der Waals surface area (Å²) in [5.74, 6) is 0.623. The van der Waals surface area contributed by atoms with Gasteiger partial charge in [0.2, 0.25) is 5.91 Å². The summed E-state index contributed by atoms with van der Waals surface area (Å²) in [5.41, 5.74) is 2.23. The predicted octanol–water partition coefficient (Wildman–Crippen LogP) is 2.63. The largest absolute Gasteiger partial charge is 0.393 e. The first-order valence-electron chi connectivity index (χ1n) is 8.47. The number of benzene rings is 1. The lowest BCUT2D eigenvalue weighted by atomic mass is 10.0. The molecule has 3 atom stereocenters. The summed E-state index contributed by atoms with van der Waals surface area (Å²) in [6.07, 6.45) is 4.70. The van der Waals surface area contributed by atoms with Crippen LogP contribution in [0.2, 0.25) is 0 Å². The Morgan fingerprint density at radius 2 is 2.05 bits per heavy atom. The zero-order valence-electron chi connectivity index (χ0n) is 13.3. The summed E-state index contributed by atoms with van der Waals surface area (Å²) in [5, 5.41) is 13.4. The van der Waals surface area contributed by atoms with Crippen molar-refractivity contribution in [3.63, 3.8) is 0 Å². The molecule has 1 aromatic carbocycles. The van der Waals surface area contributed by atoms with Gasteiger partial charge in [0.1, 0.15) is 0 Å². The van der Waals surface area contributed by atoms with Gasteiger partial charge in [0.05, 0.1) is 6.10 Å². The topological polar surface area (TPSA) is 52.6 Å². The number of anilines is 1. The van der Waals surface area contributed by atoms with Gasteiger partial charge in [-0.3, -0.25) is 4.79 Å². The molecule has 1 amide bonds. The standard InChI is InChI=1S/C18H26N2O2/c1-13(19-12-15-4-2-5-17(15)21)14-7-9-16(10-8-14)20-11-3-6-18(20)22/h7-10,13,15,17,19,21H,2-6,11-12H2,1H3/t13-,15-,17+/m0/s1. The maximum Gasteiger partial charge on any atom is 0.227 e. The Balaban J connectivity index is 1.56. The summed E-state index contributed by atoms with van der Waals surface area (Å²) in [6, 6.07) is 8.55. The van der Waals surface area contributed by atoms with Gasteiger partial charge in [-0.05, 0) is 49.8 Å². The van der Waals surface area contributed by atoms with Crippen LogP contribution in [-0.2, 0) is 4.79 Å². The molecule has 4 nitrogen and oxygen atoms in total. The van der Waals surface area contributed by atoms with E-state index in [2.05, 4.69) is 24.4 Å². The minimum atomic E-state index is -0.136. The normalized spacial score (nSPS) is 26.6. The molecule has 1 saturated heterocycles. The van der Waals surface area contributed by atoms with Gasteiger partial charge in [-0.15, -0.1) is 0 Å². The van der Waals surface area contributed by atoms with Crippen molar-refractivity contribution in [2.45, 2.75) is 51.2 Å². The summed E-state index contributed by atoms with van der Waals surface area (Å²) in [6.45, 7) is 3.86. The molecule has 0 spiro atoms. The van der Waals surface area contributed by atoms with E-state index in [0.29, 0.717) is 12.3 Å². The molecule has 4 heteroatoms. The molecular formula is C18H26N2O2. The van der Waals surface area contributed by atoms with E-state index in [1.165, 1.54) is 5.56 Å². The molecule has 2 N–H and O–H groups in total. The van der Waals surface area contributed by atoms with Crippen molar-refractivity contribution in [1.29, 1.82) is 0 Å². The van der Waals surface area contributed by atoms with Crippen LogP contribution in [0.5, 0.6) is 0 Å². The van der Waals surface area contributed by atoms with Crippen LogP contribution in [0.15, 0.2) is 24.3 Å². The molecule has 3 rings (SSSR count). The number of hydrogen-bond donors (Lipinski definition) is 2. The first-order valence-corrected chi connectivity index (χ1v) is 8.47. The third kappa shape index (κ3) is 3.33. The van der Waals surface area contributed by atoms with Gasteiger partial charge in [-0.25, -0.2) is 0 Å². The van der Waals surface area contributed by atoms with Crippen LogP contribution >= 0.6 is 0 Å². The third-order valence-corrected chi connectivity index (χ3v) is 5.08. The molecule has 22 heavy (non-hydrogen) atoms. The molecule has 1 aromatic rings. The number of amides is 1. The van der Waals surface area contributed by atoms with Crippen molar-refractivity contribution in [3.8, 4) is 0 Å². The smallest absolute Gasteiger partial charge is 0.227 e. The van der Waals surface area contributed by atoms with Gasteiger partial charge in [0.15, 0.2) is 0 Å². The number of carbonyl (C=O) groups excluding carboxylic acids is 1. The molecule has 0 aromatic heterocycles. The SMILES string of the molecule is C[C@H](NC[C@@H]1CCC[C@H]1O)c1ccc(N2CCCC2=O)cc1. The number of hydrogen-bond acceptors (Lipinski definition) is 3. The van der Waals surface area contributed by atoms with E-state index in [4.69, 9.17) is 0 Å². The average Bonchev–Trinajstić information content (AvgIpc) is 3.13. The number of rotatable bonds is 5. The second-order valence-electron chi connectivity index (χ2n) is 6.63. The Bertz CT molecular complexity index is 514. The highest BCUT2D eigenvalue weighted by molar-refractivity contribution is 5.95. The summed E-state index contributed by atoms with van der Waals surface area (Å²) in [7, 11) is 0. The second-order valence-corrected chi connectivity index (χ2v) is 6.63. The molecule has 0 unspecified atom stereocenters. The predicted molar refractivity (Wildman–Crippen MR) is 87.8 cm³/mol. The van der Waals surface area contributed by atoms with Crippen LogP contribution in [0.25, 0.3) is 0 Å². The Labute approximate surface area is 132 Å². The van der Waals surface area contributed by atoms with Crippen LogP contribution in [0.1, 0.15) is 50.6 Å². The summed E-state index contributed by atoms with van der Waals surface area (Å²) >= 11 is 0. The highest BCUT2D eigenvalue weighted by atomic mass is 16.3. The molecule has 1 saturated carbocycles. The number of nitrogens with one attached hydrogen (secondary N) is 1.